The molecule has 0 unspecified atom stereocenters. The zero-order valence-electron chi connectivity index (χ0n) is 29.0. The minimum atomic E-state index is -4.86. The highest BCUT2D eigenvalue weighted by Crippen LogP contribution is 2.38. The van der Waals surface area contributed by atoms with E-state index >= 15 is 0 Å². The van der Waals surface area contributed by atoms with E-state index in [0.29, 0.717) is 11.1 Å². The normalized spacial score (nSPS) is 18.1. The number of nitrogens with zero attached hydrogens (tertiary/aromatic N) is 2. The van der Waals surface area contributed by atoms with Crippen LogP contribution in [-0.2, 0) is 28.7 Å². The second-order valence-corrected chi connectivity index (χ2v) is 13.7. The smallest absolute Gasteiger partial charge is 0.408 e. The van der Waals surface area contributed by atoms with Gasteiger partial charge >= 0.3 is 24.4 Å². The minimum Gasteiger partial charge on any atom is -0.444 e. The number of halogens is 6. The molecule has 4 rings (SSSR count). The van der Waals surface area contributed by atoms with Gasteiger partial charge in [-0.3, -0.25) is 19.3 Å². The summed E-state index contributed by atoms with van der Waals surface area (Å²) in [4.78, 5) is 71.4. The van der Waals surface area contributed by atoms with E-state index < -0.39 is 104 Å². The fraction of sp³-hybridized carbons (Fsp3) is 0.486. The number of benzene rings is 2. The molecular weight excluding hydrogens is 716 g/mol. The van der Waals surface area contributed by atoms with Crippen LogP contribution < -0.4 is 21.3 Å². The van der Waals surface area contributed by atoms with Gasteiger partial charge < -0.3 is 25.8 Å². The van der Waals surface area contributed by atoms with Crippen molar-refractivity contribution in [1.29, 1.82) is 0 Å². The first-order valence-electron chi connectivity index (χ1n) is 16.5. The highest BCUT2D eigenvalue weighted by molar-refractivity contribution is 6.20. The molecule has 12 nitrogen and oxygen atoms in total. The first-order valence-corrected chi connectivity index (χ1v) is 16.5. The van der Waals surface area contributed by atoms with Gasteiger partial charge in [-0.1, -0.05) is 48.5 Å². The third kappa shape index (κ3) is 11.2. The molecule has 18 heteroatoms. The molecule has 0 spiro atoms. The zero-order chi connectivity index (χ0) is 39.4. The predicted molar refractivity (Wildman–Crippen MR) is 177 cm³/mol. The summed E-state index contributed by atoms with van der Waals surface area (Å²) in [6, 6.07) is 14.5. The van der Waals surface area contributed by atoms with Gasteiger partial charge in [0.15, 0.2) is 6.73 Å². The number of primary amides is 1. The van der Waals surface area contributed by atoms with Crippen LogP contribution in [0.15, 0.2) is 59.6 Å². The maximum Gasteiger partial charge on any atom is 0.408 e. The molecule has 0 radical (unpaired) electrons. The Balaban J connectivity index is 1.70. The Morgan fingerprint density at radius 3 is 2.02 bits per heavy atom. The first-order chi connectivity index (χ1) is 24.6. The fourth-order valence-corrected chi connectivity index (χ4v) is 5.68. The number of alkyl halides is 6. The quantitative estimate of drug-likeness (QED) is 0.185. The molecule has 0 saturated heterocycles. The van der Waals surface area contributed by atoms with Crippen molar-refractivity contribution in [3.63, 3.8) is 0 Å². The van der Waals surface area contributed by atoms with Crippen molar-refractivity contribution in [2.24, 2.45) is 22.6 Å². The molecule has 1 aliphatic heterocycles. The number of fused-ring (bicyclic) bond motifs is 1. The van der Waals surface area contributed by atoms with E-state index in [1.54, 1.807) is 69.3 Å². The number of hydrogen-bond acceptors (Lipinski definition) is 8. The van der Waals surface area contributed by atoms with E-state index in [4.69, 9.17) is 15.2 Å². The standard InChI is InChI=1S/C35H39F6N5O7/c1-32(2,3)53-31(51)45-33(17-18-33)30(50)52-19-46-24-12-8-7-11-23(24)25(20-9-5-4-6-10-20)43-27(29(46)49)44-28(48)22(14-16-35(39,40)41)21(26(42)47)13-15-34(36,37)38/h4-12,21-22,27H,13-19H2,1-3H3,(H2,42,47)(H,44,48)(H,45,51)/t21-,22+,27+/m0/s1. The second kappa shape index (κ2) is 15.8. The lowest BCUT2D eigenvalue weighted by Crippen LogP contribution is -2.52. The van der Waals surface area contributed by atoms with Crippen LogP contribution >= 0.6 is 0 Å². The Labute approximate surface area is 300 Å². The molecule has 53 heavy (non-hydrogen) atoms. The maximum atomic E-state index is 14.2. The summed E-state index contributed by atoms with van der Waals surface area (Å²) in [6.07, 6.45) is -17.6. The van der Waals surface area contributed by atoms with Gasteiger partial charge in [-0.2, -0.15) is 26.3 Å². The Morgan fingerprint density at radius 2 is 1.47 bits per heavy atom. The lowest BCUT2D eigenvalue weighted by atomic mass is 9.83. The van der Waals surface area contributed by atoms with E-state index in [0.717, 1.165) is 4.90 Å². The van der Waals surface area contributed by atoms with Gasteiger partial charge in [0.1, 0.15) is 11.1 Å². The van der Waals surface area contributed by atoms with Gasteiger partial charge in [0, 0.05) is 35.8 Å². The van der Waals surface area contributed by atoms with Crippen molar-refractivity contribution in [1.82, 2.24) is 10.6 Å². The molecule has 0 aromatic heterocycles. The maximum absolute atomic E-state index is 14.2. The average molecular weight is 756 g/mol. The Kier molecular flexibility index (Phi) is 12.1. The van der Waals surface area contributed by atoms with E-state index in [1.165, 1.54) is 6.07 Å². The number of anilines is 1. The molecule has 2 aromatic rings. The van der Waals surface area contributed by atoms with Crippen LogP contribution in [0, 0.1) is 11.8 Å². The number of esters is 1. The van der Waals surface area contributed by atoms with Gasteiger partial charge in [-0.05, 0) is 52.5 Å². The van der Waals surface area contributed by atoms with E-state index in [-0.39, 0.29) is 24.2 Å². The van der Waals surface area contributed by atoms with Crippen LogP contribution in [0.5, 0.6) is 0 Å². The van der Waals surface area contributed by atoms with E-state index in [1.807, 2.05) is 0 Å². The summed E-state index contributed by atoms with van der Waals surface area (Å²) in [5, 5.41) is 4.72. The van der Waals surface area contributed by atoms with Crippen LogP contribution in [0.2, 0.25) is 0 Å². The van der Waals surface area contributed by atoms with Crippen LogP contribution in [0.1, 0.15) is 70.4 Å². The van der Waals surface area contributed by atoms with Crippen molar-refractivity contribution in [2.45, 2.75) is 89.0 Å². The van der Waals surface area contributed by atoms with E-state index in [9.17, 15) is 50.3 Å². The lowest BCUT2D eigenvalue weighted by Gasteiger charge is -2.28. The van der Waals surface area contributed by atoms with Crippen molar-refractivity contribution < 1.29 is 59.8 Å². The topological polar surface area (TPSA) is 169 Å². The molecule has 1 fully saturated rings. The second-order valence-electron chi connectivity index (χ2n) is 13.7. The van der Waals surface area contributed by atoms with Gasteiger partial charge in [-0.25, -0.2) is 14.6 Å². The minimum absolute atomic E-state index is 0.120. The van der Waals surface area contributed by atoms with Crippen LogP contribution in [0.3, 0.4) is 0 Å². The third-order valence-corrected chi connectivity index (χ3v) is 8.41. The Morgan fingerprint density at radius 1 is 0.906 bits per heavy atom. The highest BCUT2D eigenvalue weighted by atomic mass is 19.4. The van der Waals surface area contributed by atoms with Crippen molar-refractivity contribution >= 4 is 41.2 Å². The largest absolute Gasteiger partial charge is 0.444 e. The summed E-state index contributed by atoms with van der Waals surface area (Å²) in [6.45, 7) is 4.10. The summed E-state index contributed by atoms with van der Waals surface area (Å²) in [5.74, 6) is -8.80. The van der Waals surface area contributed by atoms with Crippen LogP contribution in [0.4, 0.5) is 36.8 Å². The molecule has 0 bridgehead atoms. The number of rotatable bonds is 13. The third-order valence-electron chi connectivity index (χ3n) is 8.41. The van der Waals surface area contributed by atoms with Crippen molar-refractivity contribution in [3.05, 3.63) is 65.7 Å². The molecule has 4 amide bonds. The Hall–Kier alpha value is -5.16. The van der Waals surface area contributed by atoms with Crippen molar-refractivity contribution in [2.75, 3.05) is 11.6 Å². The number of para-hydroxylation sites is 1. The molecule has 2 aliphatic rings. The number of ether oxygens (including phenoxy) is 2. The molecular formula is C35H39F6N5O7. The number of carbonyl (C=O) groups is 5. The first kappa shape index (κ1) is 40.6. The molecule has 2 aromatic carbocycles. The number of nitrogens with one attached hydrogen (secondary N) is 2. The number of aliphatic imine (C=N–C) groups is 1. The SMILES string of the molecule is CC(C)(C)OC(=O)NC1(C(=O)OCN2C(=O)[C@@H](NC(=O)[C@H](CCC(F)(F)F)[C@H](CCC(F)(F)F)C(N)=O)N=C(c3ccccc3)c3ccccc32)CC1. The molecule has 1 heterocycles. The number of nitrogens with two attached hydrogens (primary N) is 1. The number of alkyl carbamates (subject to hydrolysis) is 1. The lowest BCUT2D eigenvalue weighted by molar-refractivity contribution is -0.152. The Bertz CT molecular complexity index is 1720. The average Bonchev–Trinajstić information content (AvgIpc) is 3.84. The van der Waals surface area contributed by atoms with Crippen LogP contribution in [-0.4, -0.2) is 71.9 Å². The number of amides is 4. The molecule has 1 aliphatic carbocycles. The predicted octanol–water partition coefficient (Wildman–Crippen LogP) is 5.27. The van der Waals surface area contributed by atoms with Gasteiger partial charge in [0.05, 0.1) is 11.4 Å². The van der Waals surface area contributed by atoms with Gasteiger partial charge in [0.2, 0.25) is 18.0 Å². The number of carbonyl (C=O) groups excluding carboxylic acids is 5. The number of benzodiazepines with no additional fused rings is 1. The molecule has 4 N–H and O–H groups in total. The van der Waals surface area contributed by atoms with Gasteiger partial charge in [0.25, 0.3) is 5.91 Å². The number of hydrogen-bond donors (Lipinski definition) is 3. The monoisotopic (exact) mass is 755 g/mol. The highest BCUT2D eigenvalue weighted by Gasteiger charge is 2.54. The summed E-state index contributed by atoms with van der Waals surface area (Å²) < 4.78 is 90.2. The molecule has 3 atom stereocenters. The van der Waals surface area contributed by atoms with E-state index in [2.05, 4.69) is 15.6 Å². The molecule has 1 saturated carbocycles. The molecule has 288 valence electrons. The van der Waals surface area contributed by atoms with Crippen LogP contribution in [0.25, 0.3) is 0 Å². The summed E-state index contributed by atoms with van der Waals surface area (Å²) >= 11 is 0. The van der Waals surface area contributed by atoms with Gasteiger partial charge in [-0.15, -0.1) is 0 Å². The fourth-order valence-electron chi connectivity index (χ4n) is 5.68. The zero-order valence-corrected chi connectivity index (χ0v) is 29.0. The summed E-state index contributed by atoms with van der Waals surface area (Å²) in [5.41, 5.74) is 4.01. The summed E-state index contributed by atoms with van der Waals surface area (Å²) in [7, 11) is 0. The van der Waals surface area contributed by atoms with Crippen molar-refractivity contribution in [3.8, 4) is 0 Å².